The number of aromatic nitrogens is 2. The smallest absolute Gasteiger partial charge is 0.268 e. The summed E-state index contributed by atoms with van der Waals surface area (Å²) >= 11 is 1.16. The summed E-state index contributed by atoms with van der Waals surface area (Å²) in [4.78, 5) is 14.7. The molecule has 1 aromatic heterocycles. The molecule has 5 heteroatoms. The highest BCUT2D eigenvalue weighted by atomic mass is 32.1. The van der Waals surface area contributed by atoms with E-state index < -0.39 is 0 Å². The molecule has 4 nitrogen and oxygen atoms in total. The minimum absolute atomic E-state index is 0.0123. The maximum absolute atomic E-state index is 12.3. The van der Waals surface area contributed by atoms with Crippen LogP contribution in [0, 0.1) is 18.3 Å². The zero-order valence-electron chi connectivity index (χ0n) is 9.85. The molecule has 0 aliphatic heterocycles. The van der Waals surface area contributed by atoms with Crippen LogP contribution in [-0.2, 0) is 6.42 Å². The molecule has 0 radical (unpaired) electrons. The molecule has 1 fully saturated rings. The summed E-state index contributed by atoms with van der Waals surface area (Å²) in [5, 5.41) is 3.96. The van der Waals surface area contributed by atoms with Crippen LogP contribution in [0.5, 0.6) is 0 Å². The third-order valence-corrected chi connectivity index (χ3v) is 3.59. The number of carbonyl (C=O) groups excluding carboxylic acids is 1. The first-order valence-corrected chi connectivity index (χ1v) is 6.57. The average molecular weight is 249 g/mol. The molecule has 0 unspecified atom stereocenters. The van der Waals surface area contributed by atoms with E-state index in [1.54, 1.807) is 4.90 Å². The molecule has 0 aromatic carbocycles. The van der Waals surface area contributed by atoms with Crippen molar-refractivity contribution in [3.05, 3.63) is 10.6 Å². The van der Waals surface area contributed by atoms with Crippen molar-refractivity contribution in [1.29, 1.82) is 0 Å². The van der Waals surface area contributed by atoms with Crippen LogP contribution in [0.1, 0.15) is 35.1 Å². The van der Waals surface area contributed by atoms with Crippen molar-refractivity contribution in [3.8, 4) is 12.3 Å². The van der Waals surface area contributed by atoms with Gasteiger partial charge in [-0.25, -0.2) is 0 Å². The quantitative estimate of drug-likeness (QED) is 0.744. The monoisotopic (exact) mass is 249 g/mol. The predicted molar refractivity (Wildman–Crippen MR) is 66.7 cm³/mol. The Morgan fingerprint density at radius 3 is 3.00 bits per heavy atom. The molecule has 0 saturated heterocycles. The minimum atomic E-state index is -0.0123. The summed E-state index contributed by atoms with van der Waals surface area (Å²) in [5.74, 6) is 3.18. The van der Waals surface area contributed by atoms with E-state index in [-0.39, 0.29) is 5.91 Å². The molecule has 90 valence electrons. The molecule has 0 spiro atoms. The van der Waals surface area contributed by atoms with E-state index in [4.69, 9.17) is 6.42 Å². The summed E-state index contributed by atoms with van der Waals surface area (Å²) in [7, 11) is 0. The number of nitrogens with zero attached hydrogens (tertiary/aromatic N) is 3. The van der Waals surface area contributed by atoms with Gasteiger partial charge in [0.15, 0.2) is 0 Å². The minimum Gasteiger partial charge on any atom is -0.326 e. The lowest BCUT2D eigenvalue weighted by molar-refractivity contribution is 0.0773. The van der Waals surface area contributed by atoms with Gasteiger partial charge >= 0.3 is 0 Å². The molecule has 0 N–H and O–H groups in total. The molecular formula is C12H15N3OS. The van der Waals surface area contributed by atoms with Crippen LogP contribution in [0.2, 0.25) is 0 Å². The van der Waals surface area contributed by atoms with E-state index >= 15 is 0 Å². The van der Waals surface area contributed by atoms with E-state index in [9.17, 15) is 4.79 Å². The molecule has 1 aliphatic rings. The zero-order valence-corrected chi connectivity index (χ0v) is 10.7. The first-order valence-electron chi connectivity index (χ1n) is 5.80. The van der Waals surface area contributed by atoms with Crippen LogP contribution >= 0.6 is 11.5 Å². The lowest BCUT2D eigenvalue weighted by Gasteiger charge is -2.19. The molecule has 0 bridgehead atoms. The fourth-order valence-corrected chi connectivity index (χ4v) is 2.41. The van der Waals surface area contributed by atoms with Crippen molar-refractivity contribution in [2.75, 3.05) is 13.1 Å². The van der Waals surface area contributed by atoms with Crippen LogP contribution in [-0.4, -0.2) is 33.5 Å². The Labute approximate surface area is 105 Å². The number of aryl methyl sites for hydroxylation is 1. The number of hydrogen-bond donors (Lipinski definition) is 0. The highest BCUT2D eigenvalue weighted by Crippen LogP contribution is 2.30. The van der Waals surface area contributed by atoms with Gasteiger partial charge in [0.1, 0.15) is 4.88 Å². The van der Waals surface area contributed by atoms with Crippen molar-refractivity contribution < 1.29 is 4.79 Å². The van der Waals surface area contributed by atoms with Gasteiger partial charge < -0.3 is 4.90 Å². The van der Waals surface area contributed by atoms with Gasteiger partial charge in [0.05, 0.1) is 12.2 Å². The van der Waals surface area contributed by atoms with E-state index in [0.717, 1.165) is 30.2 Å². The fourth-order valence-electron chi connectivity index (χ4n) is 1.69. The van der Waals surface area contributed by atoms with Crippen molar-refractivity contribution in [2.24, 2.45) is 5.92 Å². The Balaban J connectivity index is 2.12. The maximum atomic E-state index is 12.3. The number of amides is 1. The second kappa shape index (κ2) is 5.28. The third-order valence-electron chi connectivity index (χ3n) is 2.83. The van der Waals surface area contributed by atoms with Gasteiger partial charge in [-0.3, -0.25) is 4.79 Å². The second-order valence-corrected chi connectivity index (χ2v) is 4.99. The van der Waals surface area contributed by atoms with E-state index in [0.29, 0.717) is 17.3 Å². The van der Waals surface area contributed by atoms with Gasteiger partial charge in [-0.2, -0.15) is 0 Å². The van der Waals surface area contributed by atoms with Crippen molar-refractivity contribution in [1.82, 2.24) is 14.5 Å². The fraction of sp³-hybridized carbons (Fsp3) is 0.583. The van der Waals surface area contributed by atoms with Gasteiger partial charge in [0, 0.05) is 6.54 Å². The molecule has 1 amide bonds. The average Bonchev–Trinajstić information content (AvgIpc) is 3.02. The van der Waals surface area contributed by atoms with Crippen molar-refractivity contribution in [3.63, 3.8) is 0 Å². The van der Waals surface area contributed by atoms with Crippen LogP contribution in [0.4, 0.5) is 0 Å². The lowest BCUT2D eigenvalue weighted by atomic mass is 10.2. The highest BCUT2D eigenvalue weighted by molar-refractivity contribution is 7.08. The van der Waals surface area contributed by atoms with Crippen LogP contribution in [0.15, 0.2) is 0 Å². The Morgan fingerprint density at radius 1 is 1.65 bits per heavy atom. The second-order valence-electron chi connectivity index (χ2n) is 4.24. The van der Waals surface area contributed by atoms with Crippen LogP contribution in [0.3, 0.4) is 0 Å². The van der Waals surface area contributed by atoms with E-state index in [2.05, 4.69) is 15.5 Å². The summed E-state index contributed by atoms with van der Waals surface area (Å²) in [6.07, 6.45) is 8.45. The van der Waals surface area contributed by atoms with E-state index in [1.165, 1.54) is 12.8 Å². The molecule has 1 aliphatic carbocycles. The highest BCUT2D eigenvalue weighted by Gasteiger charge is 2.28. The first kappa shape index (κ1) is 12.1. The van der Waals surface area contributed by atoms with Crippen LogP contribution < -0.4 is 0 Å². The molecule has 1 heterocycles. The van der Waals surface area contributed by atoms with Gasteiger partial charge in [-0.15, -0.1) is 11.5 Å². The number of rotatable bonds is 5. The summed E-state index contributed by atoms with van der Waals surface area (Å²) < 4.78 is 3.84. The third kappa shape index (κ3) is 2.83. The zero-order chi connectivity index (χ0) is 12.3. The SMILES string of the molecule is C#CCN(CC1CC1)C(=O)c1snnc1CC. The molecule has 0 atom stereocenters. The van der Waals surface area contributed by atoms with E-state index in [1.807, 2.05) is 6.92 Å². The Bertz CT molecular complexity index is 445. The standard InChI is InChI=1S/C12H15N3OS/c1-3-7-15(8-9-5-6-9)12(16)11-10(4-2)13-14-17-11/h1,9H,4-8H2,2H3. The number of hydrogen-bond acceptors (Lipinski definition) is 4. The maximum Gasteiger partial charge on any atom is 0.268 e. The van der Waals surface area contributed by atoms with Gasteiger partial charge in [0.25, 0.3) is 5.91 Å². The Kier molecular flexibility index (Phi) is 3.75. The van der Waals surface area contributed by atoms with Crippen molar-refractivity contribution >= 4 is 17.4 Å². The Morgan fingerprint density at radius 2 is 2.41 bits per heavy atom. The largest absolute Gasteiger partial charge is 0.326 e. The molecule has 1 saturated carbocycles. The molecule has 1 aromatic rings. The topological polar surface area (TPSA) is 46.1 Å². The lowest BCUT2D eigenvalue weighted by Crippen LogP contribution is -2.33. The normalized spacial score (nSPS) is 14.4. The van der Waals surface area contributed by atoms with Gasteiger partial charge in [-0.1, -0.05) is 17.3 Å². The Hall–Kier alpha value is -1.41. The summed E-state index contributed by atoms with van der Waals surface area (Å²) in [6.45, 7) is 3.11. The number of carbonyl (C=O) groups is 1. The molecule has 2 rings (SSSR count). The van der Waals surface area contributed by atoms with Gasteiger partial charge in [-0.05, 0) is 36.7 Å². The summed E-state index contributed by atoms with van der Waals surface area (Å²) in [5.41, 5.74) is 0.776. The van der Waals surface area contributed by atoms with Crippen molar-refractivity contribution in [2.45, 2.75) is 26.2 Å². The molecular weight excluding hydrogens is 234 g/mol. The predicted octanol–water partition coefficient (Wildman–Crippen LogP) is 1.59. The van der Waals surface area contributed by atoms with Crippen LogP contribution in [0.25, 0.3) is 0 Å². The first-order chi connectivity index (χ1) is 8.26. The molecule has 17 heavy (non-hydrogen) atoms. The van der Waals surface area contributed by atoms with Gasteiger partial charge in [0.2, 0.25) is 0 Å². The number of terminal acetylenes is 1. The summed E-state index contributed by atoms with van der Waals surface area (Å²) in [6, 6.07) is 0.